The molecule has 6 nitrogen and oxygen atoms in total. The van der Waals surface area contributed by atoms with E-state index in [4.69, 9.17) is 15.0 Å². The summed E-state index contributed by atoms with van der Waals surface area (Å²) in [7, 11) is 0. The lowest BCUT2D eigenvalue weighted by molar-refractivity contribution is -0.0399. The Kier molecular flexibility index (Phi) is 7.01. The van der Waals surface area contributed by atoms with Gasteiger partial charge in [-0.25, -0.2) is 15.0 Å². The van der Waals surface area contributed by atoms with Crippen molar-refractivity contribution in [1.82, 2.24) is 29.9 Å². The zero-order valence-corrected chi connectivity index (χ0v) is 30.9. The summed E-state index contributed by atoms with van der Waals surface area (Å²) in [6.07, 6.45) is 15.9. The van der Waals surface area contributed by atoms with Crippen molar-refractivity contribution < 1.29 is 0 Å². The molecule has 4 bridgehead atoms. The van der Waals surface area contributed by atoms with Crippen molar-refractivity contribution in [1.29, 1.82) is 0 Å². The van der Waals surface area contributed by atoms with E-state index in [0.717, 1.165) is 56.1 Å². The summed E-state index contributed by atoms with van der Waals surface area (Å²) < 4.78 is 0. The molecule has 0 N–H and O–H groups in total. The highest BCUT2D eigenvalue weighted by molar-refractivity contribution is 5.89. The lowest BCUT2D eigenvalue weighted by Crippen LogP contribution is -2.55. The Balaban J connectivity index is 1.07. The van der Waals surface area contributed by atoms with Gasteiger partial charge in [0.25, 0.3) is 0 Å². The van der Waals surface area contributed by atoms with Crippen LogP contribution in [0, 0.1) is 23.7 Å². The molecule has 4 aromatic heterocycles. The van der Waals surface area contributed by atoms with Gasteiger partial charge in [-0.05, 0) is 167 Å². The minimum Gasteiger partial charge on any atom is -0.265 e. The predicted octanol–water partition coefficient (Wildman–Crippen LogP) is 11.3. The van der Waals surface area contributed by atoms with Crippen LogP contribution in [0.15, 0.2) is 146 Å². The first-order valence-electron chi connectivity index (χ1n) is 20.0. The largest absolute Gasteiger partial charge is 0.265 e. The molecule has 13 rings (SSSR count). The van der Waals surface area contributed by atoms with Gasteiger partial charge in [0, 0.05) is 58.5 Å². The number of hydrogen-bond acceptors (Lipinski definition) is 6. The summed E-state index contributed by atoms with van der Waals surface area (Å²) in [6, 6.07) is 42.0. The second-order valence-corrected chi connectivity index (χ2v) is 16.5. The van der Waals surface area contributed by atoms with Crippen molar-refractivity contribution in [2.24, 2.45) is 23.7 Å². The molecule has 6 heteroatoms. The lowest BCUT2D eigenvalue weighted by Gasteiger charge is -2.61. The van der Waals surface area contributed by atoms with Crippen LogP contribution in [0.1, 0.15) is 43.2 Å². The number of fused-ring (bicyclic) bond motifs is 4. The third-order valence-corrected chi connectivity index (χ3v) is 13.5. The Bertz CT molecular complexity index is 2750. The number of benzene rings is 4. The van der Waals surface area contributed by atoms with Crippen LogP contribution in [0.5, 0.6) is 0 Å². The highest BCUT2D eigenvalue weighted by Crippen LogP contribution is 2.69. The summed E-state index contributed by atoms with van der Waals surface area (Å²) >= 11 is 0. The normalized spacial score (nSPS) is 22.7. The average molecular weight is 723 g/mol. The molecule has 0 aliphatic heterocycles. The number of hydrogen-bond donors (Lipinski definition) is 0. The van der Waals surface area contributed by atoms with Crippen molar-refractivity contribution in [3.05, 3.63) is 157 Å². The summed E-state index contributed by atoms with van der Waals surface area (Å²) in [5, 5.41) is 1.11. The maximum atomic E-state index is 5.15. The van der Waals surface area contributed by atoms with Crippen LogP contribution in [-0.2, 0) is 5.41 Å². The van der Waals surface area contributed by atoms with Crippen LogP contribution in [0.4, 0.5) is 0 Å². The SMILES string of the molecule is c1ccc2c(c1)-c1ccc(-c3cc(-c4ccc5ncccc5c4)cc(-c4nc(-c5ccncc5)nc(-c5ccncc5)n4)c3)cc1C21C2CC3CC(C2)CC1C3. The summed E-state index contributed by atoms with van der Waals surface area (Å²) in [4.78, 5) is 28.4. The highest BCUT2D eigenvalue weighted by Gasteiger charge is 2.61. The van der Waals surface area contributed by atoms with Crippen molar-refractivity contribution in [3.63, 3.8) is 0 Å². The van der Waals surface area contributed by atoms with Crippen LogP contribution in [-0.4, -0.2) is 29.9 Å². The van der Waals surface area contributed by atoms with Gasteiger partial charge in [-0.1, -0.05) is 48.5 Å². The number of nitrogens with zero attached hydrogens (tertiary/aromatic N) is 6. The second kappa shape index (κ2) is 12.3. The van der Waals surface area contributed by atoms with E-state index in [1.165, 1.54) is 48.8 Å². The Morgan fingerprint density at radius 3 is 1.66 bits per heavy atom. The van der Waals surface area contributed by atoms with Crippen molar-refractivity contribution >= 4 is 10.9 Å². The number of aromatic nitrogens is 6. The molecule has 4 fully saturated rings. The van der Waals surface area contributed by atoms with Gasteiger partial charge in [-0.2, -0.15) is 0 Å². The van der Waals surface area contributed by atoms with Crippen LogP contribution < -0.4 is 0 Å². The van der Waals surface area contributed by atoms with E-state index in [1.807, 2.05) is 36.5 Å². The zero-order valence-electron chi connectivity index (χ0n) is 30.9. The van der Waals surface area contributed by atoms with Crippen molar-refractivity contribution in [2.75, 3.05) is 0 Å². The van der Waals surface area contributed by atoms with E-state index in [2.05, 4.69) is 99.9 Å². The van der Waals surface area contributed by atoms with E-state index < -0.39 is 0 Å². The van der Waals surface area contributed by atoms with Crippen molar-refractivity contribution in [3.8, 4) is 67.5 Å². The molecule has 0 unspecified atom stereocenters. The van der Waals surface area contributed by atoms with Crippen LogP contribution in [0.2, 0.25) is 0 Å². The molecule has 56 heavy (non-hydrogen) atoms. The van der Waals surface area contributed by atoms with Crippen LogP contribution in [0.3, 0.4) is 0 Å². The second-order valence-electron chi connectivity index (χ2n) is 16.5. The molecule has 4 saturated carbocycles. The lowest BCUT2D eigenvalue weighted by atomic mass is 9.43. The number of pyridine rings is 3. The maximum absolute atomic E-state index is 5.15. The molecule has 0 radical (unpaired) electrons. The topological polar surface area (TPSA) is 77.3 Å². The summed E-state index contributed by atoms with van der Waals surface area (Å²) in [6.45, 7) is 0. The minimum atomic E-state index is 0.0915. The fraction of sp³-hybridized carbons (Fsp3) is 0.200. The molecule has 4 heterocycles. The van der Waals surface area contributed by atoms with Gasteiger partial charge in [0.1, 0.15) is 0 Å². The van der Waals surface area contributed by atoms with Gasteiger partial charge >= 0.3 is 0 Å². The molecule has 268 valence electrons. The van der Waals surface area contributed by atoms with Gasteiger partial charge in [0.2, 0.25) is 0 Å². The number of rotatable bonds is 5. The standard InChI is InChI=1S/C50H38N6/c1-2-6-44-42(5-1)43-9-7-35(29-45(43)50(44)40-21-30-20-31(23-40)24-41(50)22-30)38-26-37(34-8-10-46-36(25-34)4-3-15-53-46)27-39(28-38)49-55-47(32-11-16-51-17-12-32)54-48(56-49)33-13-18-52-19-14-33/h1-19,25-31,40-41H,20-24H2. The van der Waals surface area contributed by atoms with Gasteiger partial charge in [-0.3, -0.25) is 15.0 Å². The van der Waals surface area contributed by atoms with Gasteiger partial charge in [0.15, 0.2) is 17.5 Å². The Labute approximate surface area is 325 Å². The van der Waals surface area contributed by atoms with Gasteiger partial charge in [-0.15, -0.1) is 0 Å². The fourth-order valence-corrected chi connectivity index (χ4v) is 11.4. The van der Waals surface area contributed by atoms with Gasteiger partial charge < -0.3 is 0 Å². The van der Waals surface area contributed by atoms with E-state index in [9.17, 15) is 0 Å². The van der Waals surface area contributed by atoms with E-state index >= 15 is 0 Å². The molecule has 4 aromatic carbocycles. The Hall–Kier alpha value is -6.40. The maximum Gasteiger partial charge on any atom is 0.164 e. The molecule has 0 saturated heterocycles. The zero-order chi connectivity index (χ0) is 36.8. The predicted molar refractivity (Wildman–Crippen MR) is 221 cm³/mol. The first-order chi connectivity index (χ1) is 27.7. The molecule has 0 amide bonds. The third kappa shape index (κ3) is 4.88. The van der Waals surface area contributed by atoms with Gasteiger partial charge in [0.05, 0.1) is 5.52 Å². The molecule has 0 atom stereocenters. The monoisotopic (exact) mass is 722 g/mol. The van der Waals surface area contributed by atoms with Crippen molar-refractivity contribution in [2.45, 2.75) is 37.5 Å². The fourth-order valence-electron chi connectivity index (χ4n) is 11.4. The molecule has 1 spiro atoms. The van der Waals surface area contributed by atoms with Crippen LogP contribution in [0.25, 0.3) is 78.4 Å². The Morgan fingerprint density at radius 1 is 0.411 bits per heavy atom. The molecular formula is C50H38N6. The smallest absolute Gasteiger partial charge is 0.164 e. The molecule has 5 aliphatic rings. The first kappa shape index (κ1) is 31.9. The molecular weight excluding hydrogens is 685 g/mol. The highest BCUT2D eigenvalue weighted by atomic mass is 15.0. The van der Waals surface area contributed by atoms with Crippen LogP contribution >= 0.6 is 0 Å². The quantitative estimate of drug-likeness (QED) is 0.176. The third-order valence-electron chi connectivity index (χ3n) is 13.5. The Morgan fingerprint density at radius 2 is 0.982 bits per heavy atom. The van der Waals surface area contributed by atoms with E-state index in [0.29, 0.717) is 29.3 Å². The molecule has 8 aromatic rings. The first-order valence-corrected chi connectivity index (χ1v) is 20.0. The average Bonchev–Trinajstić information content (AvgIpc) is 3.55. The minimum absolute atomic E-state index is 0.0915. The molecule has 5 aliphatic carbocycles. The van der Waals surface area contributed by atoms with E-state index in [-0.39, 0.29) is 5.41 Å². The summed E-state index contributed by atoms with van der Waals surface area (Å²) in [5.41, 5.74) is 14.4. The van der Waals surface area contributed by atoms with E-state index in [1.54, 1.807) is 35.9 Å². The summed E-state index contributed by atoms with van der Waals surface area (Å²) in [5.74, 6) is 5.02.